The van der Waals surface area contributed by atoms with Crippen LogP contribution in [0.25, 0.3) is 0 Å². The highest BCUT2D eigenvalue weighted by molar-refractivity contribution is 7.13. The third-order valence-corrected chi connectivity index (χ3v) is 3.95. The molecule has 19 heavy (non-hydrogen) atoms. The van der Waals surface area contributed by atoms with Crippen LogP contribution in [-0.4, -0.2) is 39.9 Å². The molecule has 8 heteroatoms. The Morgan fingerprint density at radius 3 is 2.84 bits per heavy atom. The van der Waals surface area contributed by atoms with Crippen molar-refractivity contribution in [2.24, 2.45) is 5.92 Å². The zero-order valence-corrected chi connectivity index (χ0v) is 10.8. The lowest BCUT2D eigenvalue weighted by Gasteiger charge is -2.30. The number of hydrogen-bond donors (Lipinski definition) is 1. The molecule has 0 saturated carbocycles. The fourth-order valence-electron chi connectivity index (χ4n) is 2.08. The van der Waals surface area contributed by atoms with E-state index in [1.54, 1.807) is 0 Å². The lowest BCUT2D eigenvalue weighted by Crippen LogP contribution is -2.42. The van der Waals surface area contributed by atoms with Gasteiger partial charge in [-0.15, -0.1) is 0 Å². The van der Waals surface area contributed by atoms with E-state index in [1.165, 1.54) is 16.3 Å². The van der Waals surface area contributed by atoms with Gasteiger partial charge in [-0.05, 0) is 12.8 Å². The first-order valence-electron chi connectivity index (χ1n) is 5.74. The van der Waals surface area contributed by atoms with E-state index in [0.717, 1.165) is 11.3 Å². The lowest BCUT2D eigenvalue weighted by atomic mass is 9.98. The minimum atomic E-state index is -0.909. The second-order valence-electron chi connectivity index (χ2n) is 4.36. The number of likely N-dealkylation sites (tertiary alicyclic amines) is 1. The standard InChI is InChI=1S/C11H12N2O5S/c14-10(8-4-9(13(17)18)19-6-8)12-3-1-2-7(5-12)11(15)16/h4,6-7H,1-3,5H2,(H,15,16). The average Bonchev–Trinajstić information content (AvgIpc) is 2.87. The highest BCUT2D eigenvalue weighted by Crippen LogP contribution is 2.25. The molecule has 2 heterocycles. The first-order valence-corrected chi connectivity index (χ1v) is 6.62. The van der Waals surface area contributed by atoms with Gasteiger partial charge < -0.3 is 10.0 Å². The molecular weight excluding hydrogens is 272 g/mol. The summed E-state index contributed by atoms with van der Waals surface area (Å²) in [5, 5.41) is 20.9. The first kappa shape index (κ1) is 13.5. The molecule has 1 aliphatic rings. The number of nitro groups is 1. The SMILES string of the molecule is O=C(O)C1CCCN(C(=O)c2csc([N+](=O)[O-])c2)C1. The Balaban J connectivity index is 2.10. The van der Waals surface area contributed by atoms with Crippen molar-refractivity contribution in [3.05, 3.63) is 27.1 Å². The second-order valence-corrected chi connectivity index (χ2v) is 5.25. The molecule has 1 fully saturated rings. The van der Waals surface area contributed by atoms with E-state index in [9.17, 15) is 19.7 Å². The zero-order valence-electron chi connectivity index (χ0n) is 9.94. The topological polar surface area (TPSA) is 101 Å². The van der Waals surface area contributed by atoms with Gasteiger partial charge in [0.25, 0.3) is 5.91 Å². The molecule has 1 unspecified atom stereocenters. The average molecular weight is 284 g/mol. The number of rotatable bonds is 3. The minimum Gasteiger partial charge on any atom is -0.481 e. The summed E-state index contributed by atoms with van der Waals surface area (Å²) in [6, 6.07) is 1.23. The van der Waals surface area contributed by atoms with Gasteiger partial charge >= 0.3 is 11.0 Å². The second kappa shape index (κ2) is 5.35. The van der Waals surface area contributed by atoms with E-state index in [2.05, 4.69) is 0 Å². The molecular formula is C11H12N2O5S. The maximum Gasteiger partial charge on any atom is 0.324 e. The van der Waals surface area contributed by atoms with Crippen molar-refractivity contribution in [1.29, 1.82) is 0 Å². The Morgan fingerprint density at radius 2 is 2.26 bits per heavy atom. The molecule has 2 rings (SSSR count). The van der Waals surface area contributed by atoms with Gasteiger partial charge in [-0.3, -0.25) is 19.7 Å². The fraction of sp³-hybridized carbons (Fsp3) is 0.455. The molecule has 1 aliphatic heterocycles. The number of nitrogens with zero attached hydrogens (tertiary/aromatic N) is 2. The normalized spacial score (nSPS) is 19.2. The number of piperidine rings is 1. The molecule has 1 N–H and O–H groups in total. The molecule has 0 aliphatic carbocycles. The van der Waals surface area contributed by atoms with E-state index in [1.807, 2.05) is 0 Å². The number of carbonyl (C=O) groups is 2. The summed E-state index contributed by atoms with van der Waals surface area (Å²) in [5.74, 6) is -1.80. The predicted octanol–water partition coefficient (Wildman–Crippen LogP) is 1.59. The summed E-state index contributed by atoms with van der Waals surface area (Å²) in [5.41, 5.74) is 0.253. The molecule has 0 aromatic carbocycles. The summed E-state index contributed by atoms with van der Waals surface area (Å²) in [6.45, 7) is 0.657. The first-order chi connectivity index (χ1) is 8.99. The molecule has 7 nitrogen and oxygen atoms in total. The molecule has 1 aromatic rings. The van der Waals surface area contributed by atoms with Crippen LogP contribution in [0, 0.1) is 16.0 Å². The van der Waals surface area contributed by atoms with Crippen LogP contribution in [0.3, 0.4) is 0 Å². The number of thiophene rings is 1. The lowest BCUT2D eigenvalue weighted by molar-refractivity contribution is -0.380. The Morgan fingerprint density at radius 1 is 1.53 bits per heavy atom. The molecule has 1 amide bonds. The smallest absolute Gasteiger partial charge is 0.324 e. The third-order valence-electron chi connectivity index (χ3n) is 3.07. The zero-order chi connectivity index (χ0) is 14.0. The Bertz CT molecular complexity index is 527. The van der Waals surface area contributed by atoms with Crippen molar-refractivity contribution >= 4 is 28.2 Å². The van der Waals surface area contributed by atoms with Gasteiger partial charge in [-0.2, -0.15) is 0 Å². The van der Waals surface area contributed by atoms with Crippen molar-refractivity contribution in [2.45, 2.75) is 12.8 Å². The number of amides is 1. The van der Waals surface area contributed by atoms with Gasteiger partial charge in [0.1, 0.15) is 0 Å². The van der Waals surface area contributed by atoms with Crippen LogP contribution in [0.2, 0.25) is 0 Å². The highest BCUT2D eigenvalue weighted by atomic mass is 32.1. The van der Waals surface area contributed by atoms with E-state index in [4.69, 9.17) is 5.11 Å². The number of aliphatic carboxylic acids is 1. The maximum absolute atomic E-state index is 12.1. The molecule has 1 atom stereocenters. The highest BCUT2D eigenvalue weighted by Gasteiger charge is 2.29. The van der Waals surface area contributed by atoms with Crippen LogP contribution >= 0.6 is 11.3 Å². The van der Waals surface area contributed by atoms with Gasteiger partial charge in [0.15, 0.2) is 0 Å². The van der Waals surface area contributed by atoms with Gasteiger partial charge in [-0.25, -0.2) is 0 Å². The summed E-state index contributed by atoms with van der Waals surface area (Å²) >= 11 is 0.894. The predicted molar refractivity (Wildman–Crippen MR) is 67.2 cm³/mol. The quantitative estimate of drug-likeness (QED) is 0.671. The van der Waals surface area contributed by atoms with Crippen molar-refractivity contribution in [2.75, 3.05) is 13.1 Å². The summed E-state index contributed by atoms with van der Waals surface area (Å²) in [4.78, 5) is 34.5. The van der Waals surface area contributed by atoms with Crippen LogP contribution in [0.5, 0.6) is 0 Å². The third kappa shape index (κ3) is 2.90. The van der Waals surface area contributed by atoms with Crippen LogP contribution in [0.15, 0.2) is 11.4 Å². The number of hydrogen-bond acceptors (Lipinski definition) is 5. The summed E-state index contributed by atoms with van der Waals surface area (Å²) < 4.78 is 0. The minimum absolute atomic E-state index is 0.0878. The molecule has 0 radical (unpaired) electrons. The molecule has 0 spiro atoms. The largest absolute Gasteiger partial charge is 0.481 e. The van der Waals surface area contributed by atoms with E-state index >= 15 is 0 Å². The number of carbonyl (C=O) groups excluding carboxylic acids is 1. The molecule has 1 saturated heterocycles. The molecule has 0 bridgehead atoms. The van der Waals surface area contributed by atoms with Crippen molar-refractivity contribution in [1.82, 2.24) is 4.90 Å². The Hall–Kier alpha value is -1.96. The Labute approximate surface area is 112 Å². The van der Waals surface area contributed by atoms with Crippen LogP contribution in [-0.2, 0) is 4.79 Å². The van der Waals surface area contributed by atoms with E-state index in [0.29, 0.717) is 19.4 Å². The Kier molecular flexibility index (Phi) is 3.79. The van der Waals surface area contributed by atoms with Crippen molar-refractivity contribution < 1.29 is 19.6 Å². The number of carboxylic acid groups (broad SMARTS) is 1. The van der Waals surface area contributed by atoms with Gasteiger partial charge in [0.2, 0.25) is 0 Å². The van der Waals surface area contributed by atoms with E-state index < -0.39 is 16.8 Å². The van der Waals surface area contributed by atoms with Gasteiger partial charge in [0.05, 0.1) is 16.4 Å². The fourth-order valence-corrected chi connectivity index (χ4v) is 2.78. The maximum atomic E-state index is 12.1. The summed E-state index contributed by atoms with van der Waals surface area (Å²) in [7, 11) is 0. The van der Waals surface area contributed by atoms with E-state index in [-0.39, 0.29) is 23.0 Å². The van der Waals surface area contributed by atoms with Crippen LogP contribution < -0.4 is 0 Å². The van der Waals surface area contributed by atoms with Crippen LogP contribution in [0.1, 0.15) is 23.2 Å². The van der Waals surface area contributed by atoms with Crippen molar-refractivity contribution in [3.8, 4) is 0 Å². The van der Waals surface area contributed by atoms with Gasteiger partial charge in [0, 0.05) is 24.5 Å². The van der Waals surface area contributed by atoms with Gasteiger partial charge in [-0.1, -0.05) is 11.3 Å². The monoisotopic (exact) mass is 284 g/mol. The van der Waals surface area contributed by atoms with Crippen LogP contribution in [0.4, 0.5) is 5.00 Å². The van der Waals surface area contributed by atoms with Crippen molar-refractivity contribution in [3.63, 3.8) is 0 Å². The molecule has 1 aromatic heterocycles. The summed E-state index contributed by atoms with van der Waals surface area (Å²) in [6.07, 6.45) is 1.19. The number of carboxylic acids is 1. The molecule has 102 valence electrons.